The van der Waals surface area contributed by atoms with Gasteiger partial charge in [0.25, 0.3) is 11.1 Å². The lowest BCUT2D eigenvalue weighted by Crippen LogP contribution is -2.26. The van der Waals surface area contributed by atoms with Gasteiger partial charge in [-0.2, -0.15) is 0 Å². The smallest absolute Gasteiger partial charge is 0.264 e. The third-order valence-electron chi connectivity index (χ3n) is 7.51. The van der Waals surface area contributed by atoms with Crippen LogP contribution in [0, 0.1) is 0 Å². The van der Waals surface area contributed by atoms with E-state index in [4.69, 9.17) is 4.74 Å². The third kappa shape index (κ3) is 1.85. The van der Waals surface area contributed by atoms with E-state index in [9.17, 15) is 9.59 Å². The summed E-state index contributed by atoms with van der Waals surface area (Å²) in [5.41, 5.74) is -0.539. The van der Waals surface area contributed by atoms with Gasteiger partial charge in [-0.15, -0.1) is 0 Å². The molecule has 0 fully saturated rings. The molecule has 0 atom stereocenters. The molecule has 0 N–H and O–H groups in total. The van der Waals surface area contributed by atoms with Gasteiger partial charge in [-0.05, 0) is 71.6 Å². The minimum atomic E-state index is -0.269. The van der Waals surface area contributed by atoms with Gasteiger partial charge in [0.2, 0.25) is 0 Å². The Labute approximate surface area is 186 Å². The molecule has 1 heterocycles. The Morgan fingerprint density at radius 1 is 0.545 bits per heavy atom. The van der Waals surface area contributed by atoms with Gasteiger partial charge in [0, 0.05) is 6.61 Å². The fourth-order valence-electron chi connectivity index (χ4n) is 6.18. The fraction of sp³-hybridized carbons (Fsp3) is 0.103. The van der Waals surface area contributed by atoms with E-state index in [-0.39, 0.29) is 17.8 Å². The summed E-state index contributed by atoms with van der Waals surface area (Å²) in [6.45, 7) is 2.27. The summed E-state index contributed by atoms with van der Waals surface area (Å²) in [5, 5.41) is 14.4. The largest absolute Gasteiger partial charge is 0.361 e. The predicted octanol–water partition coefficient (Wildman–Crippen LogP) is 6.03. The molecule has 0 amide bonds. The molecule has 4 heteroatoms. The Morgan fingerprint density at radius 2 is 0.909 bits per heavy atom. The first-order valence-electron chi connectivity index (χ1n) is 11.3. The maximum Gasteiger partial charge on any atom is 0.264 e. The number of ether oxygens (including phenoxy) is 1. The first kappa shape index (κ1) is 17.5. The van der Waals surface area contributed by atoms with Crippen molar-refractivity contribution in [1.82, 2.24) is 4.57 Å². The van der Waals surface area contributed by atoms with Crippen LogP contribution in [0.1, 0.15) is 6.92 Å². The molecule has 4 nitrogen and oxygen atoms in total. The topological polar surface area (TPSA) is 48.3 Å². The number of rotatable bonds is 3. The second kappa shape index (κ2) is 5.66. The van der Waals surface area contributed by atoms with Crippen molar-refractivity contribution in [2.75, 3.05) is 6.61 Å². The maximum atomic E-state index is 13.5. The first-order chi connectivity index (χ1) is 16.2. The zero-order valence-electron chi connectivity index (χ0n) is 17.9. The zero-order valence-corrected chi connectivity index (χ0v) is 17.9. The van der Waals surface area contributed by atoms with Gasteiger partial charge in [0.15, 0.2) is 0 Å². The van der Waals surface area contributed by atoms with Crippen LogP contribution in [0.15, 0.2) is 70.3 Å². The SMILES string of the molecule is CCOCn1c(=O)c2c3ccc4ccc5ccc6ccc7ccc(c2c1=O)c1c7c6c5c4c31. The van der Waals surface area contributed by atoms with Crippen molar-refractivity contribution < 1.29 is 4.74 Å². The molecule has 0 unspecified atom stereocenters. The molecule has 0 aliphatic heterocycles. The van der Waals surface area contributed by atoms with Crippen molar-refractivity contribution in [3.8, 4) is 0 Å². The Hall–Kier alpha value is -4.02. The highest BCUT2D eigenvalue weighted by atomic mass is 16.5. The van der Waals surface area contributed by atoms with Crippen LogP contribution < -0.4 is 11.1 Å². The van der Waals surface area contributed by atoms with Crippen LogP contribution in [-0.2, 0) is 11.5 Å². The molecular weight excluding hydrogens is 410 g/mol. The van der Waals surface area contributed by atoms with E-state index in [1.54, 1.807) is 0 Å². The molecule has 1 aromatic heterocycles. The second-order valence-corrected chi connectivity index (χ2v) is 8.98. The minimum Gasteiger partial charge on any atom is -0.361 e. The van der Waals surface area contributed by atoms with Gasteiger partial charge in [-0.1, -0.05) is 60.7 Å². The predicted molar refractivity (Wildman–Crippen MR) is 136 cm³/mol. The van der Waals surface area contributed by atoms with E-state index >= 15 is 0 Å². The standard InChI is InChI=1S/C29H17NO3/c1-2-33-13-30-28(31)26-18-11-9-16-7-5-14-3-4-15-6-8-17-10-12-19(27(26)29(30)32)25-23(17)21(15)20(14)22(16)24(18)25/h3-12H,2,13H2,1H3. The number of fused-ring (bicyclic) bond motifs is 3. The third-order valence-corrected chi connectivity index (χ3v) is 7.51. The molecule has 7 aromatic carbocycles. The molecule has 0 saturated carbocycles. The molecular formula is C29H17NO3. The molecule has 0 bridgehead atoms. The highest BCUT2D eigenvalue weighted by Crippen LogP contribution is 2.49. The van der Waals surface area contributed by atoms with Crippen LogP contribution in [0.25, 0.3) is 75.4 Å². The number of benzene rings is 7. The number of aromatic nitrogens is 1. The van der Waals surface area contributed by atoms with Crippen LogP contribution in [0.5, 0.6) is 0 Å². The minimum absolute atomic E-state index is 0.0261. The lowest BCUT2D eigenvalue weighted by atomic mass is 9.81. The molecule has 0 aliphatic carbocycles. The molecule has 156 valence electrons. The zero-order chi connectivity index (χ0) is 22.0. The van der Waals surface area contributed by atoms with Crippen molar-refractivity contribution in [2.45, 2.75) is 13.7 Å². The van der Waals surface area contributed by atoms with Gasteiger partial charge in [-0.25, -0.2) is 4.57 Å². The highest BCUT2D eigenvalue weighted by molar-refractivity contribution is 6.47. The summed E-state index contributed by atoms with van der Waals surface area (Å²) in [4.78, 5) is 27.1. The van der Waals surface area contributed by atoms with Crippen LogP contribution >= 0.6 is 0 Å². The Bertz CT molecular complexity index is 1990. The molecule has 0 radical (unpaired) electrons. The van der Waals surface area contributed by atoms with E-state index in [2.05, 4.69) is 48.5 Å². The fourth-order valence-corrected chi connectivity index (χ4v) is 6.18. The van der Waals surface area contributed by atoms with Gasteiger partial charge < -0.3 is 4.74 Å². The average molecular weight is 427 g/mol. The molecule has 8 rings (SSSR count). The van der Waals surface area contributed by atoms with Crippen molar-refractivity contribution in [3.05, 3.63) is 81.4 Å². The highest BCUT2D eigenvalue weighted by Gasteiger charge is 2.25. The van der Waals surface area contributed by atoms with Crippen molar-refractivity contribution in [3.63, 3.8) is 0 Å². The van der Waals surface area contributed by atoms with Gasteiger partial charge >= 0.3 is 0 Å². The van der Waals surface area contributed by atoms with Gasteiger partial charge in [0.1, 0.15) is 6.73 Å². The monoisotopic (exact) mass is 427 g/mol. The van der Waals surface area contributed by atoms with Gasteiger partial charge in [-0.3, -0.25) is 9.59 Å². The Kier molecular flexibility index (Phi) is 3.01. The summed E-state index contributed by atoms with van der Waals surface area (Å²) >= 11 is 0. The summed E-state index contributed by atoms with van der Waals surface area (Å²) in [5.74, 6) is 0. The molecule has 33 heavy (non-hydrogen) atoms. The average Bonchev–Trinajstić information content (AvgIpc) is 3.10. The number of hydrogen-bond donors (Lipinski definition) is 0. The van der Waals surface area contributed by atoms with Crippen molar-refractivity contribution >= 4 is 75.4 Å². The van der Waals surface area contributed by atoms with Crippen LogP contribution in [0.3, 0.4) is 0 Å². The Morgan fingerprint density at radius 3 is 1.30 bits per heavy atom. The van der Waals surface area contributed by atoms with Crippen molar-refractivity contribution in [2.24, 2.45) is 0 Å². The number of nitrogens with zero attached hydrogens (tertiary/aromatic N) is 1. The normalized spacial score (nSPS) is 13.0. The van der Waals surface area contributed by atoms with Crippen LogP contribution in [0.2, 0.25) is 0 Å². The van der Waals surface area contributed by atoms with Crippen LogP contribution in [-0.4, -0.2) is 11.2 Å². The lowest BCUT2D eigenvalue weighted by molar-refractivity contribution is 0.0844. The maximum absolute atomic E-state index is 13.5. The van der Waals surface area contributed by atoms with E-state index in [1.165, 1.54) is 36.9 Å². The lowest BCUT2D eigenvalue weighted by Gasteiger charge is -2.20. The summed E-state index contributed by atoms with van der Waals surface area (Å²) in [7, 11) is 0. The Balaban J connectivity index is 1.81. The quantitative estimate of drug-likeness (QED) is 0.256. The molecule has 0 aliphatic rings. The van der Waals surface area contributed by atoms with E-state index in [0.717, 1.165) is 32.3 Å². The second-order valence-electron chi connectivity index (χ2n) is 8.98. The molecule has 8 aromatic rings. The van der Waals surface area contributed by atoms with E-state index < -0.39 is 0 Å². The van der Waals surface area contributed by atoms with Crippen molar-refractivity contribution in [1.29, 1.82) is 0 Å². The van der Waals surface area contributed by atoms with Gasteiger partial charge in [0.05, 0.1) is 10.8 Å². The van der Waals surface area contributed by atoms with E-state index in [1.807, 2.05) is 19.1 Å². The molecule has 0 spiro atoms. The van der Waals surface area contributed by atoms with Crippen LogP contribution in [0.4, 0.5) is 0 Å². The summed E-state index contributed by atoms with van der Waals surface area (Å²) in [6, 6.07) is 21.2. The summed E-state index contributed by atoms with van der Waals surface area (Å²) < 4.78 is 6.72. The van der Waals surface area contributed by atoms with E-state index in [0.29, 0.717) is 17.4 Å². The first-order valence-corrected chi connectivity index (χ1v) is 11.3. The summed E-state index contributed by atoms with van der Waals surface area (Å²) in [6.07, 6.45) is 0. The molecule has 0 saturated heterocycles. The number of hydrogen-bond acceptors (Lipinski definition) is 3.